The summed E-state index contributed by atoms with van der Waals surface area (Å²) in [4.78, 5) is 23.3. The lowest BCUT2D eigenvalue weighted by molar-refractivity contribution is -0.138. The number of nitrogens with one attached hydrogen (secondary N) is 1. The van der Waals surface area contributed by atoms with Gasteiger partial charge in [-0.1, -0.05) is 22.0 Å². The number of hydrogen-bond acceptors (Lipinski definition) is 3. The van der Waals surface area contributed by atoms with Gasteiger partial charge in [0.1, 0.15) is 12.4 Å². The van der Waals surface area contributed by atoms with Gasteiger partial charge in [-0.25, -0.2) is 4.79 Å². The summed E-state index contributed by atoms with van der Waals surface area (Å²) in [6.07, 6.45) is -2.88. The smallest absolute Gasteiger partial charge is 0.417 e. The number of carbonyl (C=O) groups is 2. The van der Waals surface area contributed by atoms with E-state index in [9.17, 15) is 27.9 Å². The average Bonchev–Trinajstić information content (AvgIpc) is 3.44. The number of benzene rings is 2. The molecule has 5 nitrogen and oxygen atoms in total. The van der Waals surface area contributed by atoms with E-state index in [1.807, 2.05) is 0 Å². The van der Waals surface area contributed by atoms with Gasteiger partial charge >= 0.3 is 12.1 Å². The van der Waals surface area contributed by atoms with Crippen LogP contribution in [0.3, 0.4) is 0 Å². The first-order valence-electron chi connectivity index (χ1n) is 8.32. The lowest BCUT2D eigenvalue weighted by Crippen LogP contribution is -2.16. The van der Waals surface area contributed by atoms with Crippen LogP contribution in [0.15, 0.2) is 40.9 Å². The fourth-order valence-corrected chi connectivity index (χ4v) is 3.18. The molecule has 1 amide bonds. The van der Waals surface area contributed by atoms with Crippen LogP contribution in [-0.4, -0.2) is 17.0 Å². The van der Waals surface area contributed by atoms with E-state index in [0.717, 1.165) is 18.9 Å². The summed E-state index contributed by atoms with van der Waals surface area (Å²) in [5.41, 5.74) is -0.267. The SMILES string of the molecule is O=C(O)c1cc(OCc2ccc(C(F)(F)F)c(Br)c2)ccc1NC(=O)C1CC1. The van der Waals surface area contributed by atoms with Crippen LogP contribution in [0.25, 0.3) is 0 Å². The molecule has 0 bridgehead atoms. The zero-order valence-corrected chi connectivity index (χ0v) is 15.9. The molecule has 0 heterocycles. The molecule has 2 aromatic carbocycles. The van der Waals surface area contributed by atoms with Gasteiger partial charge in [0, 0.05) is 10.4 Å². The molecule has 0 aliphatic heterocycles. The van der Waals surface area contributed by atoms with E-state index in [4.69, 9.17) is 4.74 Å². The lowest BCUT2D eigenvalue weighted by Gasteiger charge is -2.13. The number of ether oxygens (including phenoxy) is 1. The molecule has 1 aliphatic rings. The van der Waals surface area contributed by atoms with Crippen LogP contribution < -0.4 is 10.1 Å². The number of amides is 1. The summed E-state index contributed by atoms with van der Waals surface area (Å²) < 4.78 is 43.8. The van der Waals surface area contributed by atoms with Crippen molar-refractivity contribution in [1.29, 1.82) is 0 Å². The van der Waals surface area contributed by atoms with E-state index in [1.165, 1.54) is 30.3 Å². The zero-order chi connectivity index (χ0) is 20.5. The largest absolute Gasteiger partial charge is 0.489 e. The van der Waals surface area contributed by atoms with Crippen molar-refractivity contribution in [2.24, 2.45) is 5.92 Å². The van der Waals surface area contributed by atoms with E-state index < -0.39 is 17.7 Å². The monoisotopic (exact) mass is 457 g/mol. The highest BCUT2D eigenvalue weighted by atomic mass is 79.9. The second kappa shape index (κ2) is 7.83. The number of alkyl halides is 3. The standard InChI is InChI=1S/C19H15BrF3NO4/c20-15-7-10(1-5-14(15)19(21,22)23)9-28-12-4-6-16(13(8-12)18(26)27)24-17(25)11-2-3-11/h1,4-8,11H,2-3,9H2,(H,24,25)(H,26,27). The molecule has 3 rings (SSSR count). The Balaban J connectivity index is 1.72. The van der Waals surface area contributed by atoms with Gasteiger partial charge in [0.05, 0.1) is 16.8 Å². The minimum Gasteiger partial charge on any atom is -0.489 e. The van der Waals surface area contributed by atoms with Crippen LogP contribution in [0.1, 0.15) is 34.3 Å². The Labute approximate surface area is 166 Å². The number of carboxylic acid groups (broad SMARTS) is 1. The van der Waals surface area contributed by atoms with E-state index in [-0.39, 0.29) is 39.9 Å². The molecule has 0 atom stereocenters. The summed E-state index contributed by atoms with van der Waals surface area (Å²) in [6, 6.07) is 7.73. The Bertz CT molecular complexity index is 926. The Morgan fingerprint density at radius 2 is 1.89 bits per heavy atom. The topological polar surface area (TPSA) is 75.6 Å². The Kier molecular flexibility index (Phi) is 5.64. The molecule has 28 heavy (non-hydrogen) atoms. The molecule has 2 aromatic rings. The normalized spacial score (nSPS) is 13.9. The van der Waals surface area contributed by atoms with Crippen molar-refractivity contribution >= 4 is 33.5 Å². The average molecular weight is 458 g/mol. The lowest BCUT2D eigenvalue weighted by atomic mass is 10.1. The number of rotatable bonds is 6. The maximum atomic E-state index is 12.8. The molecule has 148 valence electrons. The van der Waals surface area contributed by atoms with Crippen LogP contribution in [0.4, 0.5) is 18.9 Å². The van der Waals surface area contributed by atoms with Crippen molar-refractivity contribution in [2.45, 2.75) is 25.6 Å². The first kappa shape index (κ1) is 20.2. The van der Waals surface area contributed by atoms with Gasteiger partial charge < -0.3 is 15.2 Å². The van der Waals surface area contributed by atoms with Gasteiger partial charge in [-0.2, -0.15) is 13.2 Å². The van der Waals surface area contributed by atoms with Gasteiger partial charge in [-0.05, 0) is 48.7 Å². The first-order valence-corrected chi connectivity index (χ1v) is 9.11. The summed E-state index contributed by atoms with van der Waals surface area (Å²) >= 11 is 2.90. The third-order valence-corrected chi connectivity index (χ3v) is 4.83. The van der Waals surface area contributed by atoms with Crippen LogP contribution in [0, 0.1) is 5.92 Å². The maximum absolute atomic E-state index is 12.8. The van der Waals surface area contributed by atoms with Crippen LogP contribution in [0.2, 0.25) is 0 Å². The summed E-state index contributed by atoms with van der Waals surface area (Å²) in [7, 11) is 0. The highest BCUT2D eigenvalue weighted by molar-refractivity contribution is 9.10. The minimum absolute atomic E-state index is 0.0520. The molecule has 1 fully saturated rings. The van der Waals surface area contributed by atoms with Gasteiger partial charge in [0.2, 0.25) is 5.91 Å². The van der Waals surface area contributed by atoms with Crippen molar-refractivity contribution in [3.05, 3.63) is 57.6 Å². The molecule has 9 heteroatoms. The molecule has 1 aliphatic carbocycles. The van der Waals surface area contributed by atoms with E-state index in [1.54, 1.807) is 0 Å². The minimum atomic E-state index is -4.46. The molecular formula is C19H15BrF3NO4. The van der Waals surface area contributed by atoms with Crippen molar-refractivity contribution in [2.75, 3.05) is 5.32 Å². The number of aromatic carboxylic acids is 1. The molecular weight excluding hydrogens is 443 g/mol. The van der Waals surface area contributed by atoms with Crippen molar-refractivity contribution in [3.63, 3.8) is 0 Å². The highest BCUT2D eigenvalue weighted by Crippen LogP contribution is 2.35. The Morgan fingerprint density at radius 3 is 2.46 bits per heavy atom. The molecule has 1 saturated carbocycles. The molecule has 0 radical (unpaired) electrons. The van der Waals surface area contributed by atoms with Crippen LogP contribution >= 0.6 is 15.9 Å². The number of carboxylic acids is 1. The second-order valence-electron chi connectivity index (χ2n) is 6.38. The van der Waals surface area contributed by atoms with E-state index in [2.05, 4.69) is 21.2 Å². The summed E-state index contributed by atoms with van der Waals surface area (Å²) in [5.74, 6) is -1.30. The molecule has 2 N–H and O–H groups in total. The predicted octanol–water partition coefficient (Wildman–Crippen LogP) is 5.09. The van der Waals surface area contributed by atoms with E-state index >= 15 is 0 Å². The Hall–Kier alpha value is -2.55. The van der Waals surface area contributed by atoms with Gasteiger partial charge in [0.25, 0.3) is 0 Å². The number of halogens is 4. The zero-order valence-electron chi connectivity index (χ0n) is 14.3. The summed E-state index contributed by atoms with van der Waals surface area (Å²) in [6.45, 7) is -0.0520. The second-order valence-corrected chi connectivity index (χ2v) is 7.23. The van der Waals surface area contributed by atoms with Crippen molar-refractivity contribution < 1.29 is 32.6 Å². The van der Waals surface area contributed by atoms with E-state index in [0.29, 0.717) is 5.56 Å². The van der Waals surface area contributed by atoms with Crippen molar-refractivity contribution in [3.8, 4) is 5.75 Å². The van der Waals surface area contributed by atoms with Gasteiger partial charge in [-0.15, -0.1) is 0 Å². The molecule has 0 aromatic heterocycles. The van der Waals surface area contributed by atoms with Crippen LogP contribution in [-0.2, 0) is 17.6 Å². The number of hydrogen-bond donors (Lipinski definition) is 2. The highest BCUT2D eigenvalue weighted by Gasteiger charge is 2.33. The third-order valence-electron chi connectivity index (χ3n) is 4.17. The van der Waals surface area contributed by atoms with Gasteiger partial charge in [-0.3, -0.25) is 4.79 Å². The fourth-order valence-electron chi connectivity index (χ4n) is 2.52. The van der Waals surface area contributed by atoms with Crippen LogP contribution in [0.5, 0.6) is 5.75 Å². The third kappa shape index (κ3) is 4.83. The quantitative estimate of drug-likeness (QED) is 0.632. The fraction of sp³-hybridized carbons (Fsp3) is 0.263. The molecule has 0 unspecified atom stereocenters. The number of carbonyl (C=O) groups excluding carboxylic acids is 1. The van der Waals surface area contributed by atoms with Crippen molar-refractivity contribution in [1.82, 2.24) is 0 Å². The first-order chi connectivity index (χ1) is 13.1. The summed E-state index contributed by atoms with van der Waals surface area (Å²) in [5, 5.41) is 12.0. The Morgan fingerprint density at radius 1 is 1.18 bits per heavy atom. The van der Waals surface area contributed by atoms with Gasteiger partial charge in [0.15, 0.2) is 0 Å². The predicted molar refractivity (Wildman–Crippen MR) is 98.2 cm³/mol. The molecule has 0 saturated heterocycles. The number of anilines is 1. The molecule has 0 spiro atoms. The maximum Gasteiger partial charge on any atom is 0.417 e.